The number of hydrogen-bond donors (Lipinski definition) is 2. The molecule has 34 heavy (non-hydrogen) atoms. The van der Waals surface area contributed by atoms with Crippen LogP contribution >= 0.6 is 0 Å². The molecule has 0 aromatic heterocycles. The van der Waals surface area contributed by atoms with Crippen LogP contribution in [0.3, 0.4) is 0 Å². The van der Waals surface area contributed by atoms with Crippen LogP contribution in [0.1, 0.15) is 77.0 Å². The number of benzene rings is 1. The van der Waals surface area contributed by atoms with Gasteiger partial charge in [-0.25, -0.2) is 4.79 Å². The van der Waals surface area contributed by atoms with E-state index in [9.17, 15) is 14.4 Å². The minimum absolute atomic E-state index is 0.0873. The third-order valence-corrected chi connectivity index (χ3v) is 5.69. The van der Waals surface area contributed by atoms with E-state index < -0.39 is 29.7 Å². The maximum Gasteiger partial charge on any atom is 0.408 e. The minimum atomic E-state index is -0.901. The van der Waals surface area contributed by atoms with Crippen molar-refractivity contribution >= 4 is 24.0 Å². The Bertz CT molecular complexity index is 884. The monoisotopic (exact) mass is 469 g/mol. The lowest BCUT2D eigenvalue weighted by atomic mass is 9.94. The van der Waals surface area contributed by atoms with Crippen LogP contribution in [-0.4, -0.2) is 47.0 Å². The quantitative estimate of drug-likeness (QED) is 0.511. The molecule has 2 atom stereocenters. The maximum atomic E-state index is 13.6. The second-order valence-corrected chi connectivity index (χ2v) is 9.77. The van der Waals surface area contributed by atoms with Crippen molar-refractivity contribution in [1.29, 1.82) is 0 Å². The van der Waals surface area contributed by atoms with Crippen LogP contribution < -0.4 is 10.6 Å². The van der Waals surface area contributed by atoms with Gasteiger partial charge in [-0.1, -0.05) is 56.2 Å². The van der Waals surface area contributed by atoms with Crippen LogP contribution in [0.4, 0.5) is 4.79 Å². The summed E-state index contributed by atoms with van der Waals surface area (Å²) in [6.45, 7) is 14.6. The molecule has 7 heteroatoms. The first-order valence-corrected chi connectivity index (χ1v) is 12.0. The molecule has 7 nitrogen and oxygen atoms in total. The molecule has 1 aromatic carbocycles. The number of nitrogens with one attached hydrogen (secondary N) is 2. The normalized spacial score (nSPS) is 16.0. The van der Waals surface area contributed by atoms with Crippen LogP contribution in [0.5, 0.6) is 0 Å². The molecular formula is C27H39N3O4. The molecule has 0 spiro atoms. The Kier molecular flexibility index (Phi) is 9.90. The van der Waals surface area contributed by atoms with Gasteiger partial charge in [-0.3, -0.25) is 9.59 Å². The highest BCUT2D eigenvalue weighted by atomic mass is 16.6. The molecule has 0 bridgehead atoms. The third-order valence-electron chi connectivity index (χ3n) is 5.69. The number of amides is 3. The summed E-state index contributed by atoms with van der Waals surface area (Å²) in [5, 5.41) is 5.74. The van der Waals surface area contributed by atoms with Crippen molar-refractivity contribution < 1.29 is 19.1 Å². The van der Waals surface area contributed by atoms with Crippen LogP contribution in [0.25, 0.3) is 6.08 Å². The van der Waals surface area contributed by atoms with E-state index in [1.807, 2.05) is 24.3 Å². The maximum absolute atomic E-state index is 13.6. The molecule has 0 radical (unpaired) electrons. The molecule has 0 aliphatic heterocycles. The van der Waals surface area contributed by atoms with E-state index in [1.54, 1.807) is 39.8 Å². The Morgan fingerprint density at radius 1 is 1.18 bits per heavy atom. The average molecular weight is 470 g/mol. The Morgan fingerprint density at radius 2 is 1.85 bits per heavy atom. The van der Waals surface area contributed by atoms with Crippen molar-refractivity contribution in [2.45, 2.75) is 83.5 Å². The lowest BCUT2D eigenvalue weighted by molar-refractivity contribution is -0.141. The largest absolute Gasteiger partial charge is 0.444 e. The van der Waals surface area contributed by atoms with E-state index in [0.29, 0.717) is 5.56 Å². The summed E-state index contributed by atoms with van der Waals surface area (Å²) in [4.78, 5) is 40.8. The van der Waals surface area contributed by atoms with Gasteiger partial charge in [0.2, 0.25) is 11.8 Å². The number of rotatable bonds is 9. The minimum Gasteiger partial charge on any atom is -0.444 e. The van der Waals surface area contributed by atoms with Gasteiger partial charge in [0.15, 0.2) is 0 Å². The van der Waals surface area contributed by atoms with Crippen molar-refractivity contribution in [3.05, 3.63) is 54.6 Å². The number of carbonyl (C=O) groups is 3. The topological polar surface area (TPSA) is 87.7 Å². The lowest BCUT2D eigenvalue weighted by Crippen LogP contribution is -2.53. The number of carbonyl (C=O) groups excluding carboxylic acids is 3. The number of ether oxygens (including phenoxy) is 1. The molecular weight excluding hydrogens is 430 g/mol. The number of alkyl carbamates (subject to hydrolysis) is 1. The van der Waals surface area contributed by atoms with Crippen LogP contribution in [0.2, 0.25) is 0 Å². The first-order chi connectivity index (χ1) is 16.1. The Hall–Kier alpha value is -3.09. The Labute approximate surface area is 203 Å². The van der Waals surface area contributed by atoms with E-state index in [2.05, 4.69) is 23.8 Å². The van der Waals surface area contributed by atoms with Crippen molar-refractivity contribution in [3.63, 3.8) is 0 Å². The van der Waals surface area contributed by atoms with E-state index in [1.165, 1.54) is 11.3 Å². The molecule has 3 amide bonds. The van der Waals surface area contributed by atoms with Gasteiger partial charge in [0.05, 0.1) is 0 Å². The summed E-state index contributed by atoms with van der Waals surface area (Å²) in [5.74, 6) is -0.647. The van der Waals surface area contributed by atoms with Gasteiger partial charge in [0.25, 0.3) is 0 Å². The van der Waals surface area contributed by atoms with Gasteiger partial charge in [-0.15, -0.1) is 6.58 Å². The highest BCUT2D eigenvalue weighted by Crippen LogP contribution is 2.26. The second-order valence-electron chi connectivity index (χ2n) is 9.77. The lowest BCUT2D eigenvalue weighted by Gasteiger charge is -2.34. The molecule has 1 aromatic rings. The highest BCUT2D eigenvalue weighted by molar-refractivity contribution is 5.92. The summed E-state index contributed by atoms with van der Waals surface area (Å²) in [6, 6.07) is 5.72. The average Bonchev–Trinajstić information content (AvgIpc) is 2.77. The zero-order valence-electron chi connectivity index (χ0n) is 20.9. The van der Waals surface area contributed by atoms with Gasteiger partial charge in [0.1, 0.15) is 17.7 Å². The van der Waals surface area contributed by atoms with E-state index in [-0.39, 0.29) is 18.5 Å². The van der Waals surface area contributed by atoms with Crippen molar-refractivity contribution in [3.8, 4) is 0 Å². The van der Waals surface area contributed by atoms with Crippen molar-refractivity contribution in [1.82, 2.24) is 15.5 Å². The molecule has 1 saturated carbocycles. The van der Waals surface area contributed by atoms with Crippen LogP contribution in [-0.2, 0) is 14.3 Å². The van der Waals surface area contributed by atoms with Crippen molar-refractivity contribution in [2.75, 3.05) is 6.54 Å². The van der Waals surface area contributed by atoms with Gasteiger partial charge < -0.3 is 20.3 Å². The summed E-state index contributed by atoms with van der Waals surface area (Å²) in [5.41, 5.74) is 0.825. The number of nitrogens with zero attached hydrogens (tertiary/aromatic N) is 1. The fraction of sp³-hybridized carbons (Fsp3) is 0.519. The molecule has 0 heterocycles. The summed E-state index contributed by atoms with van der Waals surface area (Å²) in [7, 11) is 0. The van der Waals surface area contributed by atoms with E-state index >= 15 is 0 Å². The fourth-order valence-electron chi connectivity index (χ4n) is 4.11. The van der Waals surface area contributed by atoms with Crippen LogP contribution in [0, 0.1) is 0 Å². The molecule has 1 aliphatic rings. The molecule has 186 valence electrons. The Morgan fingerprint density at radius 3 is 2.44 bits per heavy atom. The number of hydrogen-bond acceptors (Lipinski definition) is 4. The van der Waals surface area contributed by atoms with Crippen molar-refractivity contribution in [2.24, 2.45) is 0 Å². The van der Waals surface area contributed by atoms with Gasteiger partial charge in [-0.05, 0) is 57.7 Å². The third kappa shape index (κ3) is 8.04. The van der Waals surface area contributed by atoms with Gasteiger partial charge in [0, 0.05) is 12.6 Å². The zero-order valence-corrected chi connectivity index (χ0v) is 20.9. The first-order valence-electron chi connectivity index (χ1n) is 12.0. The van der Waals surface area contributed by atoms with E-state index in [4.69, 9.17) is 4.74 Å². The molecule has 1 fully saturated rings. The van der Waals surface area contributed by atoms with Gasteiger partial charge >= 0.3 is 6.09 Å². The molecule has 2 N–H and O–H groups in total. The predicted octanol–water partition coefficient (Wildman–Crippen LogP) is 4.75. The van der Waals surface area contributed by atoms with Crippen LogP contribution in [0.15, 0.2) is 43.5 Å². The molecule has 2 unspecified atom stereocenters. The van der Waals surface area contributed by atoms with Gasteiger partial charge in [-0.2, -0.15) is 0 Å². The summed E-state index contributed by atoms with van der Waals surface area (Å²) < 4.78 is 5.29. The molecule has 1 aliphatic carbocycles. The summed E-state index contributed by atoms with van der Waals surface area (Å²) in [6.07, 6.45) is 7.77. The standard InChI is InChI=1S/C27H39N3O4/c1-7-17-30(25(32)19(3)28-26(33)34-27(4,5)6)23(21-14-12-13-20(8-2)18-21)24(31)29-22-15-10-9-11-16-22/h7-8,12-14,18-19,22-23H,1-2,9-11,15-17H2,3-6H3,(H,28,33)(H,29,31). The fourth-order valence-corrected chi connectivity index (χ4v) is 4.11. The van der Waals surface area contributed by atoms with E-state index in [0.717, 1.165) is 31.2 Å². The zero-order chi connectivity index (χ0) is 25.3. The summed E-state index contributed by atoms with van der Waals surface area (Å²) >= 11 is 0. The highest BCUT2D eigenvalue weighted by Gasteiger charge is 2.35. The molecule has 0 saturated heterocycles. The second kappa shape index (κ2) is 12.4. The first kappa shape index (κ1) is 27.2. The SMILES string of the molecule is C=CCN(C(=O)C(C)NC(=O)OC(C)(C)C)C(C(=O)NC1CCCCC1)c1cccc(C=C)c1. The predicted molar refractivity (Wildman–Crippen MR) is 135 cm³/mol. The molecule has 2 rings (SSSR count). The Balaban J connectivity index is 2.35. The smallest absolute Gasteiger partial charge is 0.408 e.